The van der Waals surface area contributed by atoms with Gasteiger partial charge in [-0.15, -0.1) is 0 Å². The Morgan fingerprint density at radius 2 is 2.12 bits per heavy atom. The summed E-state index contributed by atoms with van der Waals surface area (Å²) in [4.78, 5) is 15.5. The molecule has 0 aromatic carbocycles. The molecule has 0 aliphatic carbocycles. The summed E-state index contributed by atoms with van der Waals surface area (Å²) < 4.78 is 5.19. The van der Waals surface area contributed by atoms with Gasteiger partial charge < -0.3 is 14.7 Å². The van der Waals surface area contributed by atoms with Gasteiger partial charge in [0.05, 0.1) is 25.9 Å². The van der Waals surface area contributed by atoms with E-state index in [2.05, 4.69) is 0 Å². The maximum absolute atomic E-state index is 11.8. The maximum Gasteiger partial charge on any atom is 0.236 e. The van der Waals surface area contributed by atoms with Crippen LogP contribution in [0.3, 0.4) is 0 Å². The molecule has 1 saturated heterocycles. The predicted octanol–water partition coefficient (Wildman–Crippen LogP) is -0.452. The molecule has 16 heavy (non-hydrogen) atoms. The molecule has 0 radical (unpaired) electrons. The second-order valence-corrected chi connectivity index (χ2v) is 4.25. The van der Waals surface area contributed by atoms with Gasteiger partial charge in [0.25, 0.3) is 0 Å². The number of nitrogens with zero attached hydrogens (tertiary/aromatic N) is 2. The van der Waals surface area contributed by atoms with Crippen molar-refractivity contribution < 1.29 is 14.6 Å². The van der Waals surface area contributed by atoms with Gasteiger partial charge in [0.1, 0.15) is 0 Å². The average Bonchev–Trinajstić information content (AvgIpc) is 2.29. The summed E-state index contributed by atoms with van der Waals surface area (Å²) in [5, 5.41) is 9.46. The number of amides is 1. The Hall–Kier alpha value is -0.650. The van der Waals surface area contributed by atoms with Gasteiger partial charge in [-0.25, -0.2) is 0 Å². The summed E-state index contributed by atoms with van der Waals surface area (Å²) in [5.74, 6) is 0.120. The van der Waals surface area contributed by atoms with Crippen molar-refractivity contribution in [1.82, 2.24) is 9.80 Å². The second-order valence-electron chi connectivity index (χ2n) is 4.25. The van der Waals surface area contributed by atoms with Crippen molar-refractivity contribution in [2.45, 2.75) is 19.4 Å². The Kier molecular flexibility index (Phi) is 5.73. The number of rotatable bonds is 5. The molecule has 1 rings (SSSR count). The quantitative estimate of drug-likeness (QED) is 0.695. The molecule has 1 N–H and O–H groups in total. The summed E-state index contributed by atoms with van der Waals surface area (Å²) in [6, 6.07) is 0. The van der Waals surface area contributed by atoms with Crippen molar-refractivity contribution in [3.63, 3.8) is 0 Å². The lowest BCUT2D eigenvalue weighted by Crippen LogP contribution is -2.46. The highest BCUT2D eigenvalue weighted by Gasteiger charge is 2.18. The molecule has 5 heteroatoms. The third-order valence-electron chi connectivity index (χ3n) is 2.76. The van der Waals surface area contributed by atoms with Crippen LogP contribution in [0.1, 0.15) is 13.3 Å². The highest BCUT2D eigenvalue weighted by atomic mass is 16.5. The largest absolute Gasteiger partial charge is 0.392 e. The molecule has 1 aliphatic heterocycles. The molecule has 0 bridgehead atoms. The van der Waals surface area contributed by atoms with E-state index in [0.29, 0.717) is 39.4 Å². The minimum atomic E-state index is -0.345. The number of aliphatic hydroxyl groups is 1. The van der Waals surface area contributed by atoms with Gasteiger partial charge in [0.15, 0.2) is 0 Å². The van der Waals surface area contributed by atoms with Crippen LogP contribution in [0, 0.1) is 0 Å². The van der Waals surface area contributed by atoms with E-state index in [1.165, 1.54) is 0 Å². The molecule has 1 fully saturated rings. The number of morpholine rings is 1. The Bertz CT molecular complexity index is 217. The zero-order chi connectivity index (χ0) is 12.0. The number of carbonyl (C=O) groups excluding carboxylic acids is 1. The molecule has 1 aliphatic rings. The molecule has 1 heterocycles. The summed E-state index contributed by atoms with van der Waals surface area (Å²) in [6.45, 7) is 5.48. The van der Waals surface area contributed by atoms with Gasteiger partial charge in [0.2, 0.25) is 5.91 Å². The van der Waals surface area contributed by atoms with Gasteiger partial charge in [-0.1, -0.05) is 6.92 Å². The van der Waals surface area contributed by atoms with Gasteiger partial charge in [-0.3, -0.25) is 9.69 Å². The van der Waals surface area contributed by atoms with Crippen LogP contribution >= 0.6 is 0 Å². The number of aliphatic hydroxyl groups excluding tert-OH is 1. The Balaban J connectivity index is 2.26. The predicted molar refractivity (Wildman–Crippen MR) is 61.2 cm³/mol. The first-order chi connectivity index (χ1) is 7.63. The van der Waals surface area contributed by atoms with Gasteiger partial charge >= 0.3 is 0 Å². The van der Waals surface area contributed by atoms with Crippen molar-refractivity contribution in [2.75, 3.05) is 46.4 Å². The topological polar surface area (TPSA) is 53.0 Å². The first kappa shape index (κ1) is 13.4. The van der Waals surface area contributed by atoms with E-state index in [1.54, 1.807) is 0 Å². The standard InChI is InChI=1S/C11H22N2O3/c1-3-10(14)8-12(2)9-11(15)13-4-6-16-7-5-13/h10,14H,3-9H2,1-2H3. The van der Waals surface area contributed by atoms with Crippen LogP contribution in [0.5, 0.6) is 0 Å². The van der Waals surface area contributed by atoms with Gasteiger partial charge in [-0.05, 0) is 13.5 Å². The van der Waals surface area contributed by atoms with Crippen molar-refractivity contribution >= 4 is 5.91 Å². The lowest BCUT2D eigenvalue weighted by Gasteiger charge is -2.29. The van der Waals surface area contributed by atoms with E-state index in [4.69, 9.17) is 4.74 Å². The summed E-state index contributed by atoms with van der Waals surface area (Å²) in [6.07, 6.45) is 0.373. The fraction of sp³-hybridized carbons (Fsp3) is 0.909. The van der Waals surface area contributed by atoms with Gasteiger partial charge in [0, 0.05) is 19.6 Å². The second kappa shape index (κ2) is 6.83. The van der Waals surface area contributed by atoms with Crippen molar-refractivity contribution in [2.24, 2.45) is 0 Å². The number of likely N-dealkylation sites (N-methyl/N-ethyl adjacent to an activating group) is 1. The van der Waals surface area contributed by atoms with E-state index in [9.17, 15) is 9.90 Å². The van der Waals surface area contributed by atoms with Crippen LogP contribution in [0.15, 0.2) is 0 Å². The smallest absolute Gasteiger partial charge is 0.236 e. The fourth-order valence-corrected chi connectivity index (χ4v) is 1.70. The number of carbonyl (C=O) groups is 1. The molecule has 94 valence electrons. The molecule has 0 aromatic rings. The lowest BCUT2D eigenvalue weighted by molar-refractivity contribution is -0.136. The van der Waals surface area contributed by atoms with E-state index in [0.717, 1.165) is 6.42 Å². The summed E-state index contributed by atoms with van der Waals surface area (Å²) in [7, 11) is 1.86. The van der Waals surface area contributed by atoms with Crippen LogP contribution in [0.25, 0.3) is 0 Å². The van der Waals surface area contributed by atoms with Crippen LogP contribution in [-0.4, -0.2) is 73.4 Å². The highest BCUT2D eigenvalue weighted by molar-refractivity contribution is 5.78. The molecule has 0 spiro atoms. The van der Waals surface area contributed by atoms with E-state index >= 15 is 0 Å². The highest BCUT2D eigenvalue weighted by Crippen LogP contribution is 2.00. The Labute approximate surface area is 97.0 Å². The summed E-state index contributed by atoms with van der Waals surface area (Å²) >= 11 is 0. The number of hydrogen-bond acceptors (Lipinski definition) is 4. The Morgan fingerprint density at radius 3 is 2.69 bits per heavy atom. The Morgan fingerprint density at radius 1 is 1.50 bits per heavy atom. The first-order valence-electron chi connectivity index (χ1n) is 5.85. The molecule has 5 nitrogen and oxygen atoms in total. The molecular weight excluding hydrogens is 208 g/mol. The van der Waals surface area contributed by atoms with Crippen LogP contribution in [0.2, 0.25) is 0 Å². The third-order valence-corrected chi connectivity index (χ3v) is 2.76. The van der Waals surface area contributed by atoms with E-state index in [-0.39, 0.29) is 12.0 Å². The van der Waals surface area contributed by atoms with Crippen LogP contribution < -0.4 is 0 Å². The zero-order valence-corrected chi connectivity index (χ0v) is 10.2. The molecule has 0 saturated carbocycles. The monoisotopic (exact) mass is 230 g/mol. The first-order valence-corrected chi connectivity index (χ1v) is 5.85. The van der Waals surface area contributed by atoms with Crippen molar-refractivity contribution in [1.29, 1.82) is 0 Å². The number of ether oxygens (including phenoxy) is 1. The van der Waals surface area contributed by atoms with Crippen molar-refractivity contribution in [3.8, 4) is 0 Å². The maximum atomic E-state index is 11.8. The molecule has 1 atom stereocenters. The summed E-state index contributed by atoms with van der Waals surface area (Å²) in [5.41, 5.74) is 0. The molecule has 1 unspecified atom stereocenters. The van der Waals surface area contributed by atoms with E-state index < -0.39 is 0 Å². The van der Waals surface area contributed by atoms with Crippen molar-refractivity contribution in [3.05, 3.63) is 0 Å². The third kappa shape index (κ3) is 4.47. The van der Waals surface area contributed by atoms with Gasteiger partial charge in [-0.2, -0.15) is 0 Å². The molecule has 0 aromatic heterocycles. The van der Waals surface area contributed by atoms with Crippen LogP contribution in [0.4, 0.5) is 0 Å². The SMILES string of the molecule is CCC(O)CN(C)CC(=O)N1CCOCC1. The zero-order valence-electron chi connectivity index (χ0n) is 10.2. The molecular formula is C11H22N2O3. The van der Waals surface area contributed by atoms with Crippen LogP contribution in [-0.2, 0) is 9.53 Å². The minimum Gasteiger partial charge on any atom is -0.392 e. The average molecular weight is 230 g/mol. The number of hydrogen-bond donors (Lipinski definition) is 1. The fourth-order valence-electron chi connectivity index (χ4n) is 1.70. The molecule has 1 amide bonds. The normalized spacial score (nSPS) is 18.9. The lowest BCUT2D eigenvalue weighted by atomic mass is 10.2. The minimum absolute atomic E-state index is 0.120. The van der Waals surface area contributed by atoms with E-state index in [1.807, 2.05) is 23.8 Å².